The molecule has 6 rings (SSSR count). The molecule has 0 aromatic heterocycles. The van der Waals surface area contributed by atoms with Gasteiger partial charge >= 0.3 is 353 Å². The predicted molar refractivity (Wildman–Crippen MR) is 246 cm³/mol. The zero-order valence-corrected chi connectivity index (χ0v) is 40.2. The minimum atomic E-state index is -2.64. The van der Waals surface area contributed by atoms with Gasteiger partial charge in [-0.3, -0.25) is 0 Å². The van der Waals surface area contributed by atoms with Crippen LogP contribution < -0.4 is 3.27 Å². The van der Waals surface area contributed by atoms with Crippen molar-refractivity contribution in [3.05, 3.63) is 122 Å². The Morgan fingerprint density at radius 2 is 1.09 bits per heavy atom. The topological polar surface area (TPSA) is 0 Å². The minimum absolute atomic E-state index is 0.00273. The Balaban J connectivity index is 1.72. The second-order valence-electron chi connectivity index (χ2n) is 21.1. The van der Waals surface area contributed by atoms with Crippen molar-refractivity contribution in [3.8, 4) is 33.4 Å². The second kappa shape index (κ2) is 16.4. The average molecular weight is 824 g/mol. The molecule has 296 valence electrons. The van der Waals surface area contributed by atoms with Crippen LogP contribution in [0.2, 0.25) is 0 Å². The van der Waals surface area contributed by atoms with Crippen molar-refractivity contribution in [1.29, 1.82) is 0 Å². The summed E-state index contributed by atoms with van der Waals surface area (Å²) in [4.78, 5) is 0. The Bertz CT molecular complexity index is 2140. The van der Waals surface area contributed by atoms with Crippen LogP contribution in [-0.2, 0) is 49.3 Å². The summed E-state index contributed by atoms with van der Waals surface area (Å²) < 4.78 is 5.51. The summed E-state index contributed by atoms with van der Waals surface area (Å²) in [6.45, 7) is 33.3. The Morgan fingerprint density at radius 1 is 0.571 bits per heavy atom. The van der Waals surface area contributed by atoms with Crippen LogP contribution in [-0.4, -0.2) is 3.21 Å². The summed E-state index contributed by atoms with van der Waals surface area (Å²) in [5, 5.41) is 0. The zero-order chi connectivity index (χ0) is 40.8. The number of benzene rings is 4. The van der Waals surface area contributed by atoms with Gasteiger partial charge in [-0.05, 0) is 0 Å². The fourth-order valence-corrected chi connectivity index (χ4v) is 17.9. The number of fused-ring (bicyclic) bond motifs is 3. The van der Waals surface area contributed by atoms with Crippen molar-refractivity contribution in [3.63, 3.8) is 0 Å². The fraction of sp³-hybridized carbons (Fsp3) is 0.473. The monoisotopic (exact) mass is 822 g/mol. The molecule has 0 saturated heterocycles. The van der Waals surface area contributed by atoms with E-state index in [0.29, 0.717) is 0 Å². The summed E-state index contributed by atoms with van der Waals surface area (Å²) in [6, 6.07) is 27.2. The van der Waals surface area contributed by atoms with E-state index in [1.54, 1.807) is 17.7 Å². The van der Waals surface area contributed by atoms with Crippen molar-refractivity contribution in [2.24, 2.45) is 0 Å². The van der Waals surface area contributed by atoms with E-state index in [-0.39, 0.29) is 21.7 Å². The van der Waals surface area contributed by atoms with Crippen molar-refractivity contribution in [2.75, 3.05) is 0 Å². The SMILES string of the molecule is CCCC[C](CCCC)=[Zr]([C]1=CC=CC1)[c]1c2c(cc(C(C)(C)C)c1-c1ccc(C(C)(C)C)cc1)-c1cc(C(C)(C)C)c(-c3ccc(C(C)(C)C)cc3)cc1C2. The number of hydrogen-bond acceptors (Lipinski definition) is 0. The van der Waals surface area contributed by atoms with Gasteiger partial charge in [-0.15, -0.1) is 0 Å². The van der Waals surface area contributed by atoms with E-state index in [0.717, 1.165) is 12.8 Å². The van der Waals surface area contributed by atoms with E-state index < -0.39 is 21.3 Å². The van der Waals surface area contributed by atoms with Gasteiger partial charge in [-0.25, -0.2) is 0 Å². The molecule has 0 saturated carbocycles. The third-order valence-corrected chi connectivity index (χ3v) is 20.5. The van der Waals surface area contributed by atoms with Crippen LogP contribution in [0.4, 0.5) is 0 Å². The standard InChI is InChI=1S/C41H49.C9H18.C5H5.Zr/c1-38(2,3)30-17-13-26(14-18-30)34-22-28-21-29-23-35(27-15-19-31(20-16-27)39(4,5)6)37(41(10,11)12)25-33(29)32(28)24-36(34)40(7,8)9;1-3-5-7-9-8-6-4-2;1-2-4-5-3-1;/h13-20,22,24-25H,21H2,1-12H3;3-8H2,1-2H3;1-3H,4H2;. The summed E-state index contributed by atoms with van der Waals surface area (Å²) in [6.07, 6.45) is 17.2. The van der Waals surface area contributed by atoms with E-state index in [1.165, 1.54) is 94.2 Å². The molecule has 0 unspecified atom stereocenters. The molecule has 0 atom stereocenters. The van der Waals surface area contributed by atoms with E-state index >= 15 is 0 Å². The van der Waals surface area contributed by atoms with Crippen LogP contribution in [0.25, 0.3) is 33.4 Å². The first-order valence-corrected chi connectivity index (χ1v) is 25.6. The molecule has 0 aliphatic heterocycles. The van der Waals surface area contributed by atoms with E-state index in [2.05, 4.69) is 182 Å². The molecule has 2 aliphatic rings. The van der Waals surface area contributed by atoms with Crippen LogP contribution >= 0.6 is 0 Å². The molecule has 0 fully saturated rings. The van der Waals surface area contributed by atoms with E-state index in [4.69, 9.17) is 0 Å². The first-order chi connectivity index (χ1) is 26.2. The number of allylic oxidation sites excluding steroid dienone is 4. The molecule has 0 radical (unpaired) electrons. The van der Waals surface area contributed by atoms with Crippen LogP contribution in [0.3, 0.4) is 0 Å². The predicted octanol–water partition coefficient (Wildman–Crippen LogP) is 15.4. The molecule has 0 heterocycles. The van der Waals surface area contributed by atoms with Crippen molar-refractivity contribution >= 4 is 6.48 Å². The van der Waals surface area contributed by atoms with Gasteiger partial charge in [-0.2, -0.15) is 0 Å². The van der Waals surface area contributed by atoms with Crippen molar-refractivity contribution < 1.29 is 21.3 Å². The third kappa shape index (κ3) is 8.90. The van der Waals surface area contributed by atoms with Gasteiger partial charge in [-0.1, -0.05) is 0 Å². The molecule has 4 aromatic rings. The Labute approximate surface area is 350 Å². The Hall–Kier alpha value is -2.89. The van der Waals surface area contributed by atoms with Gasteiger partial charge in [0.05, 0.1) is 0 Å². The normalized spacial score (nSPS) is 14.2. The number of hydrogen-bond donors (Lipinski definition) is 0. The van der Waals surface area contributed by atoms with Gasteiger partial charge in [0.25, 0.3) is 0 Å². The quantitative estimate of drug-likeness (QED) is 0.132. The summed E-state index contributed by atoms with van der Waals surface area (Å²) in [5.41, 5.74) is 17.9. The fourth-order valence-electron chi connectivity index (χ4n) is 9.05. The van der Waals surface area contributed by atoms with Gasteiger partial charge in [0.15, 0.2) is 0 Å². The third-order valence-electron chi connectivity index (χ3n) is 12.4. The first-order valence-electron chi connectivity index (χ1n) is 21.9. The molecule has 56 heavy (non-hydrogen) atoms. The maximum atomic E-state index is 2.67. The summed E-state index contributed by atoms with van der Waals surface area (Å²) >= 11 is -2.64. The number of rotatable bonds is 10. The molecule has 4 aromatic carbocycles. The zero-order valence-electron chi connectivity index (χ0n) is 37.7. The van der Waals surface area contributed by atoms with Gasteiger partial charge in [0, 0.05) is 0 Å². The summed E-state index contributed by atoms with van der Waals surface area (Å²) in [5.74, 6) is 0. The Morgan fingerprint density at radius 3 is 1.55 bits per heavy atom. The molecule has 0 nitrogen and oxygen atoms in total. The van der Waals surface area contributed by atoms with Crippen molar-refractivity contribution in [2.45, 2.75) is 170 Å². The molecular formula is C55H72Zr. The molecule has 2 aliphatic carbocycles. The van der Waals surface area contributed by atoms with Crippen molar-refractivity contribution in [1.82, 2.24) is 0 Å². The number of unbranched alkanes of at least 4 members (excludes halogenated alkanes) is 2. The van der Waals surface area contributed by atoms with Crippen LogP contribution in [0.1, 0.15) is 175 Å². The van der Waals surface area contributed by atoms with Crippen LogP contribution in [0.5, 0.6) is 0 Å². The molecule has 0 bridgehead atoms. The molecule has 0 amide bonds. The van der Waals surface area contributed by atoms with E-state index in [1.807, 2.05) is 3.21 Å². The molecule has 1 heteroatoms. The molecular weight excluding hydrogens is 752 g/mol. The second-order valence-corrected chi connectivity index (χ2v) is 27.5. The van der Waals surface area contributed by atoms with Gasteiger partial charge < -0.3 is 0 Å². The van der Waals surface area contributed by atoms with Crippen LogP contribution in [0, 0.1) is 0 Å². The maximum absolute atomic E-state index is 2.67. The van der Waals surface area contributed by atoms with Gasteiger partial charge in [0.1, 0.15) is 0 Å². The first kappa shape index (κ1) is 42.7. The Kier molecular flexibility index (Phi) is 12.5. The summed E-state index contributed by atoms with van der Waals surface area (Å²) in [7, 11) is 0. The molecule has 0 spiro atoms. The average Bonchev–Trinajstić information content (AvgIpc) is 3.78. The van der Waals surface area contributed by atoms with E-state index in [9.17, 15) is 0 Å². The van der Waals surface area contributed by atoms with Crippen LogP contribution in [0.15, 0.2) is 88.2 Å². The molecule has 0 N–H and O–H groups in total. The van der Waals surface area contributed by atoms with Gasteiger partial charge in [0.2, 0.25) is 0 Å².